The standard InChI is InChI=1S/C11H21ClN2/c1-11-10-13(2)7-5-9-14(11)8-4-3-6-12/h3-4,11H,5-10H2,1-2H3/b4-3+. The van der Waals surface area contributed by atoms with Crippen LogP contribution in [0.15, 0.2) is 12.2 Å². The molecule has 0 amide bonds. The second-order valence-electron chi connectivity index (χ2n) is 4.09. The topological polar surface area (TPSA) is 6.48 Å². The Labute approximate surface area is 92.5 Å². The Bertz CT molecular complexity index is 182. The summed E-state index contributed by atoms with van der Waals surface area (Å²) in [5.41, 5.74) is 0. The molecule has 0 bridgehead atoms. The first-order chi connectivity index (χ1) is 6.74. The molecule has 1 rings (SSSR count). The van der Waals surface area contributed by atoms with E-state index < -0.39 is 0 Å². The van der Waals surface area contributed by atoms with E-state index in [1.165, 1.54) is 26.1 Å². The lowest BCUT2D eigenvalue weighted by molar-refractivity contribution is 0.221. The van der Waals surface area contributed by atoms with Gasteiger partial charge < -0.3 is 4.90 Å². The van der Waals surface area contributed by atoms with Gasteiger partial charge in [-0.15, -0.1) is 11.6 Å². The highest BCUT2D eigenvalue weighted by atomic mass is 35.5. The maximum atomic E-state index is 5.60. The van der Waals surface area contributed by atoms with Crippen molar-refractivity contribution in [3.8, 4) is 0 Å². The molecule has 1 aliphatic rings. The van der Waals surface area contributed by atoms with Crippen LogP contribution in [0.2, 0.25) is 0 Å². The first-order valence-electron chi connectivity index (χ1n) is 5.37. The fraction of sp³-hybridized carbons (Fsp3) is 0.818. The van der Waals surface area contributed by atoms with E-state index in [0.717, 1.165) is 6.54 Å². The zero-order valence-electron chi connectivity index (χ0n) is 9.25. The van der Waals surface area contributed by atoms with E-state index in [1.807, 2.05) is 6.08 Å². The van der Waals surface area contributed by atoms with Crippen LogP contribution >= 0.6 is 11.6 Å². The third-order valence-corrected chi connectivity index (χ3v) is 2.96. The van der Waals surface area contributed by atoms with Gasteiger partial charge in [0.25, 0.3) is 0 Å². The zero-order chi connectivity index (χ0) is 10.4. The first-order valence-corrected chi connectivity index (χ1v) is 5.91. The van der Waals surface area contributed by atoms with Gasteiger partial charge in [-0.1, -0.05) is 12.2 Å². The van der Waals surface area contributed by atoms with Gasteiger partial charge in [0.2, 0.25) is 0 Å². The summed E-state index contributed by atoms with van der Waals surface area (Å²) in [6.45, 7) is 6.95. The molecule has 1 saturated heterocycles. The maximum absolute atomic E-state index is 5.60. The van der Waals surface area contributed by atoms with Crippen LogP contribution in [0.5, 0.6) is 0 Å². The van der Waals surface area contributed by atoms with Gasteiger partial charge >= 0.3 is 0 Å². The summed E-state index contributed by atoms with van der Waals surface area (Å²) in [5.74, 6) is 0.627. The molecule has 0 aromatic rings. The minimum absolute atomic E-state index is 0.627. The van der Waals surface area contributed by atoms with Crippen molar-refractivity contribution >= 4 is 11.6 Å². The number of hydrogen-bond acceptors (Lipinski definition) is 2. The summed E-state index contributed by atoms with van der Waals surface area (Å²) in [6, 6.07) is 0.655. The number of likely N-dealkylation sites (N-methyl/N-ethyl adjacent to an activating group) is 1. The third kappa shape index (κ3) is 3.99. The number of hydrogen-bond donors (Lipinski definition) is 0. The Hall–Kier alpha value is -0.0500. The third-order valence-electron chi connectivity index (χ3n) is 2.78. The van der Waals surface area contributed by atoms with Crippen LogP contribution in [0.3, 0.4) is 0 Å². The van der Waals surface area contributed by atoms with Crippen LogP contribution in [0.25, 0.3) is 0 Å². The molecule has 1 fully saturated rings. The molecule has 0 N–H and O–H groups in total. The molecule has 1 unspecified atom stereocenters. The fourth-order valence-electron chi connectivity index (χ4n) is 1.97. The molecular weight excluding hydrogens is 196 g/mol. The molecule has 1 atom stereocenters. The highest BCUT2D eigenvalue weighted by molar-refractivity contribution is 6.18. The molecule has 0 aromatic heterocycles. The van der Waals surface area contributed by atoms with Gasteiger partial charge in [-0.2, -0.15) is 0 Å². The number of rotatable bonds is 3. The normalized spacial score (nSPS) is 26.9. The Morgan fingerprint density at radius 3 is 2.86 bits per heavy atom. The van der Waals surface area contributed by atoms with Crippen molar-refractivity contribution in [2.75, 3.05) is 39.1 Å². The second-order valence-corrected chi connectivity index (χ2v) is 4.39. The molecule has 14 heavy (non-hydrogen) atoms. The van der Waals surface area contributed by atoms with Gasteiger partial charge in [-0.05, 0) is 26.9 Å². The lowest BCUT2D eigenvalue weighted by Gasteiger charge is -2.26. The SMILES string of the molecule is CC1CN(C)CCCN1C/C=C/CCl. The Kier molecular flexibility index (Phi) is 5.53. The number of allylic oxidation sites excluding steroid dienone is 1. The fourth-order valence-corrected chi connectivity index (χ4v) is 2.09. The van der Waals surface area contributed by atoms with E-state index in [4.69, 9.17) is 11.6 Å². The Morgan fingerprint density at radius 1 is 1.36 bits per heavy atom. The quantitative estimate of drug-likeness (QED) is 0.525. The van der Waals surface area contributed by atoms with Crippen molar-refractivity contribution < 1.29 is 0 Å². The van der Waals surface area contributed by atoms with Gasteiger partial charge in [0.05, 0.1) is 0 Å². The molecule has 3 heteroatoms. The van der Waals surface area contributed by atoms with E-state index >= 15 is 0 Å². The van der Waals surface area contributed by atoms with E-state index in [0.29, 0.717) is 11.9 Å². The summed E-state index contributed by atoms with van der Waals surface area (Å²) in [6.07, 6.45) is 5.48. The average Bonchev–Trinajstić information content (AvgIpc) is 2.29. The van der Waals surface area contributed by atoms with E-state index in [1.54, 1.807) is 0 Å². The van der Waals surface area contributed by atoms with Crippen molar-refractivity contribution in [2.45, 2.75) is 19.4 Å². The van der Waals surface area contributed by atoms with Crippen molar-refractivity contribution in [3.05, 3.63) is 12.2 Å². The monoisotopic (exact) mass is 216 g/mol. The largest absolute Gasteiger partial charge is 0.305 e. The van der Waals surface area contributed by atoms with Crippen LogP contribution in [0, 0.1) is 0 Å². The van der Waals surface area contributed by atoms with Gasteiger partial charge in [-0.3, -0.25) is 4.90 Å². The second kappa shape index (κ2) is 6.44. The highest BCUT2D eigenvalue weighted by Gasteiger charge is 2.17. The lowest BCUT2D eigenvalue weighted by atomic mass is 10.2. The first kappa shape index (κ1) is 12.0. The lowest BCUT2D eigenvalue weighted by Crippen LogP contribution is -2.37. The van der Waals surface area contributed by atoms with Crippen LogP contribution in [0.4, 0.5) is 0 Å². The van der Waals surface area contributed by atoms with Gasteiger partial charge in [0.15, 0.2) is 0 Å². The Morgan fingerprint density at radius 2 is 2.14 bits per heavy atom. The highest BCUT2D eigenvalue weighted by Crippen LogP contribution is 2.07. The zero-order valence-corrected chi connectivity index (χ0v) is 10.0. The van der Waals surface area contributed by atoms with Crippen molar-refractivity contribution in [1.29, 1.82) is 0 Å². The summed E-state index contributed by atoms with van der Waals surface area (Å²) in [7, 11) is 2.20. The van der Waals surface area contributed by atoms with E-state index in [-0.39, 0.29) is 0 Å². The smallest absolute Gasteiger partial charge is 0.0404 e. The van der Waals surface area contributed by atoms with Crippen molar-refractivity contribution in [3.63, 3.8) is 0 Å². The molecule has 0 radical (unpaired) electrons. The van der Waals surface area contributed by atoms with Crippen LogP contribution in [-0.2, 0) is 0 Å². The summed E-state index contributed by atoms with van der Waals surface area (Å²) in [4.78, 5) is 4.93. The maximum Gasteiger partial charge on any atom is 0.0404 e. The summed E-state index contributed by atoms with van der Waals surface area (Å²) < 4.78 is 0. The summed E-state index contributed by atoms with van der Waals surface area (Å²) >= 11 is 5.60. The average molecular weight is 217 g/mol. The van der Waals surface area contributed by atoms with Crippen LogP contribution in [-0.4, -0.2) is 54.9 Å². The van der Waals surface area contributed by atoms with Gasteiger partial charge in [-0.25, -0.2) is 0 Å². The number of alkyl halides is 1. The molecule has 0 aromatic carbocycles. The van der Waals surface area contributed by atoms with E-state index in [2.05, 4.69) is 29.8 Å². The molecule has 82 valence electrons. The molecule has 0 saturated carbocycles. The predicted molar refractivity (Wildman–Crippen MR) is 63.0 cm³/mol. The minimum atomic E-state index is 0.627. The molecule has 2 nitrogen and oxygen atoms in total. The molecule has 1 heterocycles. The van der Waals surface area contributed by atoms with E-state index in [9.17, 15) is 0 Å². The van der Waals surface area contributed by atoms with Crippen LogP contribution in [0.1, 0.15) is 13.3 Å². The van der Waals surface area contributed by atoms with Gasteiger partial charge in [0.1, 0.15) is 0 Å². The predicted octanol–water partition coefficient (Wildman–Crippen LogP) is 1.81. The Balaban J connectivity index is 2.38. The molecular formula is C11H21ClN2. The number of halogens is 1. The van der Waals surface area contributed by atoms with Crippen molar-refractivity contribution in [2.24, 2.45) is 0 Å². The van der Waals surface area contributed by atoms with Crippen molar-refractivity contribution in [1.82, 2.24) is 9.80 Å². The van der Waals surface area contributed by atoms with Crippen LogP contribution < -0.4 is 0 Å². The molecule has 0 spiro atoms. The number of nitrogens with zero attached hydrogens (tertiary/aromatic N) is 2. The molecule has 0 aliphatic carbocycles. The summed E-state index contributed by atoms with van der Waals surface area (Å²) in [5, 5.41) is 0. The minimum Gasteiger partial charge on any atom is -0.305 e. The van der Waals surface area contributed by atoms with Gasteiger partial charge in [0, 0.05) is 31.6 Å². The molecule has 1 aliphatic heterocycles.